The summed E-state index contributed by atoms with van der Waals surface area (Å²) in [5, 5.41) is 0. The highest BCUT2D eigenvalue weighted by molar-refractivity contribution is 9.10. The lowest BCUT2D eigenvalue weighted by atomic mass is 10.0. The second-order valence-electron chi connectivity index (χ2n) is 4.13. The highest BCUT2D eigenvalue weighted by atomic mass is 79.9. The van der Waals surface area contributed by atoms with Gasteiger partial charge in [-0.3, -0.25) is 5.84 Å². The van der Waals surface area contributed by atoms with E-state index < -0.39 is 0 Å². The summed E-state index contributed by atoms with van der Waals surface area (Å²) in [6, 6.07) is 6.29. The van der Waals surface area contributed by atoms with Crippen LogP contribution in [0.4, 0.5) is 4.39 Å². The fraction of sp³-hybridized carbons (Fsp3) is 0.231. The number of hydrazine groups is 1. The molecule has 2 aromatic rings. The van der Waals surface area contributed by atoms with Gasteiger partial charge in [0.25, 0.3) is 0 Å². The maximum Gasteiger partial charge on any atom is 0.125 e. The van der Waals surface area contributed by atoms with Crippen LogP contribution < -0.4 is 11.3 Å². The minimum Gasteiger partial charge on any atom is -0.467 e. The molecule has 0 aliphatic rings. The van der Waals surface area contributed by atoms with E-state index in [4.69, 9.17) is 10.3 Å². The standard InChI is InChI=1S/C13H14BrFN2O/c1-8-4-5-18-13(8)12(17-16)7-9-6-10(15)2-3-11(9)14/h2-6,12,17H,7,16H2,1H3. The molecule has 0 aliphatic heterocycles. The molecule has 0 bridgehead atoms. The third kappa shape index (κ3) is 2.80. The van der Waals surface area contributed by atoms with Crippen molar-refractivity contribution in [3.05, 3.63) is 57.7 Å². The van der Waals surface area contributed by atoms with Gasteiger partial charge in [-0.25, -0.2) is 9.82 Å². The summed E-state index contributed by atoms with van der Waals surface area (Å²) < 4.78 is 19.5. The van der Waals surface area contributed by atoms with Crippen LogP contribution in [0.15, 0.2) is 39.4 Å². The number of aryl methyl sites for hydroxylation is 1. The van der Waals surface area contributed by atoms with Crippen molar-refractivity contribution in [3.8, 4) is 0 Å². The molecule has 3 N–H and O–H groups in total. The van der Waals surface area contributed by atoms with Gasteiger partial charge in [0.1, 0.15) is 11.6 Å². The van der Waals surface area contributed by atoms with E-state index in [1.165, 1.54) is 12.1 Å². The molecule has 0 fully saturated rings. The van der Waals surface area contributed by atoms with Gasteiger partial charge in [-0.1, -0.05) is 15.9 Å². The first-order chi connectivity index (χ1) is 8.61. The van der Waals surface area contributed by atoms with Crippen molar-refractivity contribution >= 4 is 15.9 Å². The second-order valence-corrected chi connectivity index (χ2v) is 4.98. The highest BCUT2D eigenvalue weighted by Crippen LogP contribution is 2.26. The van der Waals surface area contributed by atoms with Gasteiger partial charge >= 0.3 is 0 Å². The maximum absolute atomic E-state index is 13.2. The van der Waals surface area contributed by atoms with Gasteiger partial charge in [0.2, 0.25) is 0 Å². The van der Waals surface area contributed by atoms with Crippen LogP contribution in [-0.4, -0.2) is 0 Å². The molecule has 1 heterocycles. The predicted octanol–water partition coefficient (Wildman–Crippen LogP) is 3.24. The van der Waals surface area contributed by atoms with Gasteiger partial charge in [0, 0.05) is 4.47 Å². The van der Waals surface area contributed by atoms with Crippen LogP contribution in [0.2, 0.25) is 0 Å². The molecular formula is C13H14BrFN2O. The second kappa shape index (κ2) is 5.65. The predicted molar refractivity (Wildman–Crippen MR) is 71.3 cm³/mol. The zero-order valence-electron chi connectivity index (χ0n) is 9.91. The van der Waals surface area contributed by atoms with E-state index in [1.807, 2.05) is 13.0 Å². The number of hydrogen-bond acceptors (Lipinski definition) is 3. The number of benzene rings is 1. The molecule has 1 aromatic heterocycles. The molecule has 3 nitrogen and oxygen atoms in total. The van der Waals surface area contributed by atoms with Crippen molar-refractivity contribution in [3.63, 3.8) is 0 Å². The number of halogens is 2. The van der Waals surface area contributed by atoms with Crippen LogP contribution in [0, 0.1) is 12.7 Å². The average molecular weight is 313 g/mol. The van der Waals surface area contributed by atoms with Crippen molar-refractivity contribution in [1.29, 1.82) is 0 Å². The quantitative estimate of drug-likeness (QED) is 0.673. The Morgan fingerprint density at radius 3 is 2.83 bits per heavy atom. The summed E-state index contributed by atoms with van der Waals surface area (Å²) in [5.41, 5.74) is 4.56. The Kier molecular flexibility index (Phi) is 4.16. The Bertz CT molecular complexity index is 542. The zero-order chi connectivity index (χ0) is 13.1. The van der Waals surface area contributed by atoms with Crippen LogP contribution in [-0.2, 0) is 6.42 Å². The van der Waals surface area contributed by atoms with E-state index in [2.05, 4.69) is 21.4 Å². The first-order valence-electron chi connectivity index (χ1n) is 5.56. The van der Waals surface area contributed by atoms with Crippen LogP contribution in [0.3, 0.4) is 0 Å². The van der Waals surface area contributed by atoms with Gasteiger partial charge in [0.15, 0.2) is 0 Å². The number of furan rings is 1. The molecule has 0 radical (unpaired) electrons. The minimum atomic E-state index is -0.264. The van der Waals surface area contributed by atoms with E-state index in [-0.39, 0.29) is 11.9 Å². The van der Waals surface area contributed by atoms with Crippen molar-refractivity contribution in [2.24, 2.45) is 5.84 Å². The molecule has 0 aliphatic carbocycles. The van der Waals surface area contributed by atoms with E-state index in [1.54, 1.807) is 12.3 Å². The largest absolute Gasteiger partial charge is 0.467 e. The van der Waals surface area contributed by atoms with E-state index in [0.29, 0.717) is 6.42 Å². The van der Waals surface area contributed by atoms with Crippen LogP contribution >= 0.6 is 15.9 Å². The zero-order valence-corrected chi connectivity index (χ0v) is 11.5. The Labute approximate surface area is 113 Å². The van der Waals surface area contributed by atoms with Gasteiger partial charge < -0.3 is 4.42 Å². The molecule has 1 unspecified atom stereocenters. The summed E-state index contributed by atoms with van der Waals surface area (Å²) in [4.78, 5) is 0. The molecule has 0 amide bonds. The summed E-state index contributed by atoms with van der Waals surface area (Å²) in [6.07, 6.45) is 2.17. The van der Waals surface area contributed by atoms with Gasteiger partial charge in [0.05, 0.1) is 12.3 Å². The smallest absolute Gasteiger partial charge is 0.125 e. The van der Waals surface area contributed by atoms with Gasteiger partial charge in [-0.05, 0) is 48.7 Å². The molecule has 0 saturated heterocycles. The van der Waals surface area contributed by atoms with Gasteiger partial charge in [-0.15, -0.1) is 0 Å². The Morgan fingerprint density at radius 1 is 1.44 bits per heavy atom. The highest BCUT2D eigenvalue weighted by Gasteiger charge is 2.17. The number of nitrogens with one attached hydrogen (secondary N) is 1. The molecule has 1 aromatic carbocycles. The maximum atomic E-state index is 13.2. The molecule has 0 spiro atoms. The monoisotopic (exact) mass is 312 g/mol. The lowest BCUT2D eigenvalue weighted by Crippen LogP contribution is -2.29. The van der Waals surface area contributed by atoms with Crippen molar-refractivity contribution < 1.29 is 8.81 Å². The summed E-state index contributed by atoms with van der Waals surface area (Å²) in [6.45, 7) is 1.95. The molecule has 96 valence electrons. The van der Waals surface area contributed by atoms with Crippen LogP contribution in [0.25, 0.3) is 0 Å². The fourth-order valence-electron chi connectivity index (χ4n) is 1.89. The van der Waals surface area contributed by atoms with Crippen molar-refractivity contribution in [2.75, 3.05) is 0 Å². The lowest BCUT2D eigenvalue weighted by Gasteiger charge is -2.15. The lowest BCUT2D eigenvalue weighted by molar-refractivity contribution is 0.412. The average Bonchev–Trinajstić information content (AvgIpc) is 2.77. The Balaban J connectivity index is 2.26. The van der Waals surface area contributed by atoms with Crippen molar-refractivity contribution in [1.82, 2.24) is 5.43 Å². The first kappa shape index (κ1) is 13.3. The molecule has 18 heavy (non-hydrogen) atoms. The molecule has 5 heteroatoms. The number of nitrogens with two attached hydrogens (primary N) is 1. The fourth-order valence-corrected chi connectivity index (χ4v) is 2.30. The molecule has 2 rings (SSSR count). The van der Waals surface area contributed by atoms with E-state index >= 15 is 0 Å². The molecular weight excluding hydrogens is 299 g/mol. The third-order valence-electron chi connectivity index (χ3n) is 2.85. The first-order valence-corrected chi connectivity index (χ1v) is 6.35. The van der Waals surface area contributed by atoms with E-state index in [9.17, 15) is 4.39 Å². The van der Waals surface area contributed by atoms with Crippen molar-refractivity contribution in [2.45, 2.75) is 19.4 Å². The summed E-state index contributed by atoms with van der Waals surface area (Å²) >= 11 is 3.40. The third-order valence-corrected chi connectivity index (χ3v) is 3.62. The minimum absolute atomic E-state index is 0.182. The Hall–Kier alpha value is -1.17. The summed E-state index contributed by atoms with van der Waals surface area (Å²) in [7, 11) is 0. The number of rotatable bonds is 4. The number of hydrogen-bond donors (Lipinski definition) is 2. The van der Waals surface area contributed by atoms with Crippen LogP contribution in [0.5, 0.6) is 0 Å². The SMILES string of the molecule is Cc1ccoc1C(Cc1cc(F)ccc1Br)NN. The van der Waals surface area contributed by atoms with E-state index in [0.717, 1.165) is 21.4 Å². The Morgan fingerprint density at radius 2 is 2.22 bits per heavy atom. The van der Waals surface area contributed by atoms with Crippen LogP contribution in [0.1, 0.15) is 22.9 Å². The normalized spacial score (nSPS) is 12.7. The molecule has 0 saturated carbocycles. The van der Waals surface area contributed by atoms with Gasteiger partial charge in [-0.2, -0.15) is 0 Å². The molecule has 1 atom stereocenters. The topological polar surface area (TPSA) is 51.2 Å². The summed E-state index contributed by atoms with van der Waals surface area (Å²) in [5.74, 6) is 6.06.